The second kappa shape index (κ2) is 4.44. The third kappa shape index (κ3) is 1.52. The third-order valence-electron chi connectivity index (χ3n) is 5.18. The van der Waals surface area contributed by atoms with E-state index in [1.165, 1.54) is 7.11 Å². The van der Waals surface area contributed by atoms with Gasteiger partial charge < -0.3 is 19.7 Å². The maximum Gasteiger partial charge on any atom is 0.175 e. The molecule has 0 aromatic carbocycles. The van der Waals surface area contributed by atoms with Gasteiger partial charge >= 0.3 is 0 Å². The monoisotopic (exact) mass is 254 g/mol. The first-order chi connectivity index (χ1) is 8.45. The number of fused-ring (bicyclic) bond motifs is 2. The number of ether oxygens (including phenoxy) is 1. The predicted molar refractivity (Wildman–Crippen MR) is 66.7 cm³/mol. The van der Waals surface area contributed by atoms with Crippen LogP contribution < -0.4 is 0 Å². The molecule has 2 fully saturated rings. The molecule has 0 saturated heterocycles. The minimum absolute atomic E-state index is 0.0109. The van der Waals surface area contributed by atoms with Crippen molar-refractivity contribution in [1.82, 2.24) is 0 Å². The molecule has 5 unspecified atom stereocenters. The van der Waals surface area contributed by atoms with Gasteiger partial charge in [-0.2, -0.15) is 0 Å². The fourth-order valence-corrected chi connectivity index (χ4v) is 4.13. The molecule has 0 heterocycles. The topological polar surface area (TPSA) is 66.8 Å². The van der Waals surface area contributed by atoms with E-state index in [9.17, 15) is 15.0 Å². The molecule has 102 valence electrons. The molecule has 0 spiro atoms. The lowest BCUT2D eigenvalue weighted by Gasteiger charge is -2.37. The van der Waals surface area contributed by atoms with Gasteiger partial charge in [0.25, 0.3) is 0 Å². The van der Waals surface area contributed by atoms with Crippen LogP contribution in [0.25, 0.3) is 0 Å². The Bertz CT molecular complexity index is 367. The zero-order valence-corrected chi connectivity index (χ0v) is 11.1. The smallest absolute Gasteiger partial charge is 0.175 e. The van der Waals surface area contributed by atoms with Crippen LogP contribution in [0.5, 0.6) is 0 Å². The van der Waals surface area contributed by atoms with E-state index in [1.807, 2.05) is 6.92 Å². The molecule has 2 saturated carbocycles. The van der Waals surface area contributed by atoms with Gasteiger partial charge in [0.15, 0.2) is 5.79 Å². The molecule has 2 aliphatic carbocycles. The molecule has 5 atom stereocenters. The van der Waals surface area contributed by atoms with Crippen molar-refractivity contribution in [1.29, 1.82) is 0 Å². The average Bonchev–Trinajstić information content (AvgIpc) is 2.75. The van der Waals surface area contributed by atoms with Gasteiger partial charge in [0.2, 0.25) is 0 Å². The highest BCUT2D eigenvalue weighted by molar-refractivity contribution is 5.50. The van der Waals surface area contributed by atoms with Crippen molar-refractivity contribution >= 4 is 6.29 Å². The van der Waals surface area contributed by atoms with Gasteiger partial charge in [0.05, 0.1) is 0 Å². The summed E-state index contributed by atoms with van der Waals surface area (Å²) in [7, 11) is 1.50. The predicted octanol–water partition coefficient (Wildman–Crippen LogP) is 1.12. The molecule has 2 rings (SSSR count). The summed E-state index contributed by atoms with van der Waals surface area (Å²) in [5.41, 5.74) is 0.645. The Kier molecular flexibility index (Phi) is 3.38. The standard InChI is InChI=1S/C14H22O4/c1-9-12-10(8-16)7-11(14(12,17)18-3)13(9,2)5-4-6-15/h6,10-12,16-17H,1,4-5,7-8H2,2-3H3. The maximum absolute atomic E-state index is 10.7. The van der Waals surface area contributed by atoms with E-state index in [0.29, 0.717) is 12.8 Å². The van der Waals surface area contributed by atoms with Crippen LogP contribution in [0.2, 0.25) is 0 Å². The number of carbonyl (C=O) groups excluding carboxylic acids is 1. The molecule has 2 aliphatic rings. The quantitative estimate of drug-likeness (QED) is 0.438. The van der Waals surface area contributed by atoms with E-state index in [-0.39, 0.29) is 29.8 Å². The van der Waals surface area contributed by atoms with Crippen LogP contribution in [0.4, 0.5) is 0 Å². The number of aliphatic hydroxyl groups excluding tert-OH is 1. The van der Waals surface area contributed by atoms with Crippen molar-refractivity contribution in [3.63, 3.8) is 0 Å². The summed E-state index contributed by atoms with van der Waals surface area (Å²) in [6, 6.07) is 0. The van der Waals surface area contributed by atoms with Gasteiger partial charge in [-0.25, -0.2) is 0 Å². The van der Waals surface area contributed by atoms with Crippen LogP contribution in [-0.2, 0) is 9.53 Å². The number of carbonyl (C=O) groups is 1. The Morgan fingerprint density at radius 3 is 2.78 bits per heavy atom. The SMILES string of the molecule is C=C1C2C(CO)CC(C1(C)CCC=O)C2(O)OC. The molecule has 0 amide bonds. The Morgan fingerprint density at radius 2 is 2.28 bits per heavy atom. The zero-order chi connectivity index (χ0) is 13.6. The third-order valence-corrected chi connectivity index (χ3v) is 5.18. The molecule has 4 nitrogen and oxygen atoms in total. The second-order valence-corrected chi connectivity index (χ2v) is 5.81. The Morgan fingerprint density at radius 1 is 1.61 bits per heavy atom. The first-order valence-electron chi connectivity index (χ1n) is 6.47. The van der Waals surface area contributed by atoms with Crippen LogP contribution in [0.15, 0.2) is 12.2 Å². The maximum atomic E-state index is 10.7. The van der Waals surface area contributed by atoms with E-state index in [0.717, 1.165) is 18.3 Å². The molecule has 0 aliphatic heterocycles. The fraction of sp³-hybridized carbons (Fsp3) is 0.786. The number of hydrogen-bond acceptors (Lipinski definition) is 4. The van der Waals surface area contributed by atoms with Gasteiger partial charge in [-0.3, -0.25) is 0 Å². The Labute approximate surface area is 108 Å². The van der Waals surface area contributed by atoms with E-state index < -0.39 is 5.79 Å². The molecule has 0 aromatic heterocycles. The number of aliphatic hydroxyl groups is 2. The number of rotatable bonds is 5. The van der Waals surface area contributed by atoms with Crippen molar-refractivity contribution in [3.05, 3.63) is 12.2 Å². The van der Waals surface area contributed by atoms with Crippen LogP contribution in [-0.4, -0.2) is 36.0 Å². The second-order valence-electron chi connectivity index (χ2n) is 5.81. The summed E-state index contributed by atoms with van der Waals surface area (Å²) in [5.74, 6) is -1.54. The first kappa shape index (κ1) is 13.7. The number of hydrogen-bond donors (Lipinski definition) is 2. The van der Waals surface area contributed by atoms with Crippen molar-refractivity contribution in [2.45, 2.75) is 32.0 Å². The Hall–Kier alpha value is -0.710. The highest BCUT2D eigenvalue weighted by atomic mass is 16.6. The number of aldehydes is 1. The molecule has 2 bridgehead atoms. The van der Waals surface area contributed by atoms with E-state index in [4.69, 9.17) is 4.74 Å². The van der Waals surface area contributed by atoms with E-state index in [1.54, 1.807) is 0 Å². The normalized spacial score (nSPS) is 46.7. The van der Waals surface area contributed by atoms with Crippen LogP contribution in [0, 0.1) is 23.2 Å². The van der Waals surface area contributed by atoms with Gasteiger partial charge in [0.1, 0.15) is 6.29 Å². The van der Waals surface area contributed by atoms with Crippen molar-refractivity contribution < 1.29 is 19.7 Å². The van der Waals surface area contributed by atoms with Crippen molar-refractivity contribution in [2.75, 3.05) is 13.7 Å². The van der Waals surface area contributed by atoms with Crippen LogP contribution >= 0.6 is 0 Å². The zero-order valence-electron chi connectivity index (χ0n) is 11.1. The lowest BCUT2D eigenvalue weighted by molar-refractivity contribution is -0.223. The molecular formula is C14H22O4. The lowest BCUT2D eigenvalue weighted by Crippen LogP contribution is -2.39. The highest BCUT2D eigenvalue weighted by Crippen LogP contribution is 2.67. The van der Waals surface area contributed by atoms with Gasteiger partial charge in [-0.1, -0.05) is 19.1 Å². The van der Waals surface area contributed by atoms with Crippen LogP contribution in [0.1, 0.15) is 26.2 Å². The summed E-state index contributed by atoms with van der Waals surface area (Å²) in [5, 5.41) is 20.1. The van der Waals surface area contributed by atoms with E-state index in [2.05, 4.69) is 6.58 Å². The minimum atomic E-state index is -1.23. The summed E-state index contributed by atoms with van der Waals surface area (Å²) >= 11 is 0. The Balaban J connectivity index is 2.35. The highest BCUT2D eigenvalue weighted by Gasteiger charge is 2.68. The lowest BCUT2D eigenvalue weighted by atomic mass is 9.66. The summed E-state index contributed by atoms with van der Waals surface area (Å²) in [4.78, 5) is 10.6. The first-order valence-corrected chi connectivity index (χ1v) is 6.47. The van der Waals surface area contributed by atoms with Gasteiger partial charge in [-0.15, -0.1) is 0 Å². The molecule has 2 N–H and O–H groups in total. The average molecular weight is 254 g/mol. The molecular weight excluding hydrogens is 232 g/mol. The van der Waals surface area contributed by atoms with Crippen molar-refractivity contribution in [3.8, 4) is 0 Å². The van der Waals surface area contributed by atoms with Crippen molar-refractivity contribution in [2.24, 2.45) is 23.2 Å². The molecule has 18 heavy (non-hydrogen) atoms. The number of methoxy groups -OCH3 is 1. The molecule has 0 aromatic rings. The largest absolute Gasteiger partial charge is 0.396 e. The summed E-state index contributed by atoms with van der Waals surface area (Å²) in [6.07, 6.45) is 2.77. The van der Waals surface area contributed by atoms with Crippen LogP contribution in [0.3, 0.4) is 0 Å². The van der Waals surface area contributed by atoms with Gasteiger partial charge in [-0.05, 0) is 24.2 Å². The van der Waals surface area contributed by atoms with E-state index >= 15 is 0 Å². The summed E-state index contributed by atoms with van der Waals surface area (Å²) in [6.45, 7) is 6.20. The fourth-order valence-electron chi connectivity index (χ4n) is 4.13. The summed E-state index contributed by atoms with van der Waals surface area (Å²) < 4.78 is 5.36. The van der Waals surface area contributed by atoms with Gasteiger partial charge in [0, 0.05) is 32.0 Å². The minimum Gasteiger partial charge on any atom is -0.396 e. The molecule has 4 heteroatoms. The molecule has 0 radical (unpaired) electrons.